The number of ether oxygens (including phenoxy) is 1. The molecule has 3 N–H and O–H groups in total. The van der Waals surface area contributed by atoms with E-state index in [0.717, 1.165) is 5.01 Å². The van der Waals surface area contributed by atoms with Gasteiger partial charge in [-0.2, -0.15) is 0 Å². The zero-order chi connectivity index (χ0) is 23.9. The lowest BCUT2D eigenvalue weighted by atomic mass is 9.93. The highest BCUT2D eigenvalue weighted by molar-refractivity contribution is 5.93. The van der Waals surface area contributed by atoms with Crippen LogP contribution in [-0.4, -0.2) is 60.0 Å². The van der Waals surface area contributed by atoms with Crippen molar-refractivity contribution in [2.75, 3.05) is 7.05 Å². The zero-order valence-corrected chi connectivity index (χ0v) is 20.2. The van der Waals surface area contributed by atoms with Crippen LogP contribution in [0.5, 0.6) is 0 Å². The number of likely N-dealkylation sites (N-methyl/N-ethyl adjacent to an activating group) is 1. The van der Waals surface area contributed by atoms with Gasteiger partial charge in [-0.05, 0) is 30.6 Å². The van der Waals surface area contributed by atoms with Gasteiger partial charge < -0.3 is 15.4 Å². The monoisotopic (exact) mass is 440 g/mol. The molecule has 0 saturated carbocycles. The molecule has 1 heterocycles. The van der Waals surface area contributed by atoms with Gasteiger partial charge in [-0.25, -0.2) is 5.01 Å². The third-order valence-corrected chi connectivity index (χ3v) is 5.51. The van der Waals surface area contributed by atoms with Crippen LogP contribution in [0.1, 0.15) is 67.7 Å². The molecular weight excluding hydrogens is 400 g/mol. The van der Waals surface area contributed by atoms with Gasteiger partial charge in [0.05, 0.1) is 6.04 Å². The van der Waals surface area contributed by atoms with Crippen LogP contribution in [0, 0.1) is 17.8 Å². The van der Waals surface area contributed by atoms with Gasteiger partial charge in [0.15, 0.2) is 6.10 Å². The molecule has 1 rings (SSSR count). The molecule has 0 aromatic carbocycles. The number of nitrogens with zero attached hydrogens (tertiary/aromatic N) is 1. The quantitative estimate of drug-likeness (QED) is 0.474. The Labute approximate surface area is 186 Å². The van der Waals surface area contributed by atoms with Crippen LogP contribution in [0.4, 0.5) is 0 Å². The molecule has 0 aromatic heterocycles. The second kappa shape index (κ2) is 12.0. The molecule has 9 heteroatoms. The molecule has 0 bridgehead atoms. The van der Waals surface area contributed by atoms with Crippen molar-refractivity contribution in [3.05, 3.63) is 0 Å². The average Bonchev–Trinajstić information content (AvgIpc) is 2.80. The van der Waals surface area contributed by atoms with Crippen molar-refractivity contribution in [3.8, 4) is 0 Å². The van der Waals surface area contributed by atoms with Crippen LogP contribution in [0.3, 0.4) is 0 Å². The fourth-order valence-corrected chi connectivity index (χ4v) is 3.70. The van der Waals surface area contributed by atoms with Gasteiger partial charge in [0, 0.05) is 14.0 Å². The highest BCUT2D eigenvalue weighted by Gasteiger charge is 2.45. The summed E-state index contributed by atoms with van der Waals surface area (Å²) >= 11 is 0. The van der Waals surface area contributed by atoms with Crippen LogP contribution in [-0.2, 0) is 23.9 Å². The Balaban J connectivity index is 3.42. The van der Waals surface area contributed by atoms with Crippen molar-refractivity contribution >= 4 is 23.6 Å². The zero-order valence-electron chi connectivity index (χ0n) is 20.2. The van der Waals surface area contributed by atoms with Crippen molar-refractivity contribution in [2.24, 2.45) is 17.8 Å². The molecule has 0 aliphatic carbocycles. The van der Waals surface area contributed by atoms with E-state index in [-0.39, 0.29) is 29.6 Å². The molecule has 178 valence electrons. The van der Waals surface area contributed by atoms with Gasteiger partial charge in [0.25, 0.3) is 11.8 Å². The molecule has 0 unspecified atom stereocenters. The van der Waals surface area contributed by atoms with Gasteiger partial charge in [0.1, 0.15) is 12.1 Å². The van der Waals surface area contributed by atoms with Crippen LogP contribution < -0.4 is 16.1 Å². The number of hydrogen-bond donors (Lipinski definition) is 3. The van der Waals surface area contributed by atoms with Gasteiger partial charge in [-0.3, -0.25) is 24.6 Å². The lowest BCUT2D eigenvalue weighted by Crippen LogP contribution is -2.60. The van der Waals surface area contributed by atoms with Crippen molar-refractivity contribution in [2.45, 2.75) is 92.0 Å². The minimum atomic E-state index is -1.05. The molecule has 5 atom stereocenters. The Morgan fingerprint density at radius 2 is 1.74 bits per heavy atom. The van der Waals surface area contributed by atoms with Gasteiger partial charge in [-0.15, -0.1) is 0 Å². The molecule has 31 heavy (non-hydrogen) atoms. The summed E-state index contributed by atoms with van der Waals surface area (Å²) in [4.78, 5) is 51.1. The summed E-state index contributed by atoms with van der Waals surface area (Å²) in [5, 5.41) is 6.54. The summed E-state index contributed by atoms with van der Waals surface area (Å²) in [5.74, 6) is -1.46. The molecule has 1 aliphatic heterocycles. The van der Waals surface area contributed by atoms with Crippen LogP contribution in [0.25, 0.3) is 0 Å². The number of nitrogens with one attached hydrogen (secondary N) is 3. The minimum absolute atomic E-state index is 0.0635. The van der Waals surface area contributed by atoms with Crippen molar-refractivity contribution < 1.29 is 23.9 Å². The number of hydrazine groups is 1. The number of carbonyl (C=O) groups excluding carboxylic acids is 4. The van der Waals surface area contributed by atoms with E-state index in [1.54, 1.807) is 0 Å². The largest absolute Gasteiger partial charge is 0.357 e. The van der Waals surface area contributed by atoms with E-state index in [1.807, 2.05) is 41.5 Å². The predicted octanol–water partition coefficient (Wildman–Crippen LogP) is 1.37. The first kappa shape index (κ1) is 26.9. The van der Waals surface area contributed by atoms with E-state index in [1.165, 1.54) is 14.0 Å². The maximum atomic E-state index is 13.4. The Morgan fingerprint density at radius 1 is 1.13 bits per heavy atom. The summed E-state index contributed by atoms with van der Waals surface area (Å²) in [5.41, 5.74) is 2.64. The smallest absolute Gasteiger partial charge is 0.270 e. The average molecular weight is 441 g/mol. The van der Waals surface area contributed by atoms with Gasteiger partial charge >= 0.3 is 0 Å². The molecule has 0 spiro atoms. The molecule has 1 saturated heterocycles. The topological polar surface area (TPSA) is 117 Å². The van der Waals surface area contributed by atoms with E-state index >= 15 is 0 Å². The predicted molar refractivity (Wildman–Crippen MR) is 117 cm³/mol. The number of rotatable bonds is 10. The third-order valence-electron chi connectivity index (χ3n) is 5.51. The molecular formula is C22H40N4O5. The van der Waals surface area contributed by atoms with Crippen molar-refractivity contribution in [1.82, 2.24) is 21.1 Å². The summed E-state index contributed by atoms with van der Waals surface area (Å²) in [7, 11) is 1.50. The first-order chi connectivity index (χ1) is 14.4. The number of hydrogen-bond acceptors (Lipinski definition) is 5. The van der Waals surface area contributed by atoms with E-state index in [4.69, 9.17) is 4.74 Å². The maximum absolute atomic E-state index is 13.4. The standard InChI is InChI=1S/C22H40N4O5/c1-9-14(6)18(24-15(7)27)19-21(29)25-26(16(10-12(2)3)20(28)23-8)22(30)17(31-19)11-13(4)5/h12-14,16-19H,9-11H2,1-8H3,(H,23,28)(H,24,27)(H,25,29)/t14-,16-,17-,18-,19-/m0/s1. The van der Waals surface area contributed by atoms with E-state index < -0.39 is 36.1 Å². The van der Waals surface area contributed by atoms with Gasteiger partial charge in [-0.1, -0.05) is 48.0 Å². The Morgan fingerprint density at radius 3 is 2.19 bits per heavy atom. The first-order valence-electron chi connectivity index (χ1n) is 11.2. The molecule has 0 radical (unpaired) electrons. The first-order valence-corrected chi connectivity index (χ1v) is 11.2. The Hall–Kier alpha value is -2.16. The molecule has 4 amide bonds. The van der Waals surface area contributed by atoms with E-state index in [0.29, 0.717) is 19.3 Å². The Kier molecular flexibility index (Phi) is 10.4. The summed E-state index contributed by atoms with van der Waals surface area (Å²) in [6.07, 6.45) is -0.496. The summed E-state index contributed by atoms with van der Waals surface area (Å²) < 4.78 is 6.08. The second-order valence-corrected chi connectivity index (χ2v) is 9.23. The Bertz CT molecular complexity index is 652. The molecule has 9 nitrogen and oxygen atoms in total. The lowest BCUT2D eigenvalue weighted by molar-refractivity contribution is -0.153. The second-order valence-electron chi connectivity index (χ2n) is 9.23. The van der Waals surface area contributed by atoms with Crippen molar-refractivity contribution in [3.63, 3.8) is 0 Å². The summed E-state index contributed by atoms with van der Waals surface area (Å²) in [6, 6.07) is -1.46. The molecule has 1 fully saturated rings. The fourth-order valence-electron chi connectivity index (χ4n) is 3.70. The van der Waals surface area contributed by atoms with E-state index in [9.17, 15) is 19.2 Å². The van der Waals surface area contributed by atoms with Crippen molar-refractivity contribution in [1.29, 1.82) is 0 Å². The molecule has 0 aromatic rings. The third kappa shape index (κ3) is 7.48. The normalized spacial score (nSPS) is 22.6. The van der Waals surface area contributed by atoms with Crippen LogP contribution in [0.15, 0.2) is 0 Å². The minimum Gasteiger partial charge on any atom is -0.357 e. The highest BCUT2D eigenvalue weighted by Crippen LogP contribution is 2.24. The van der Waals surface area contributed by atoms with E-state index in [2.05, 4.69) is 16.1 Å². The highest BCUT2D eigenvalue weighted by atomic mass is 16.5. The van der Waals surface area contributed by atoms with Crippen LogP contribution in [0.2, 0.25) is 0 Å². The number of carbonyl (C=O) groups is 4. The SMILES string of the molecule is CC[C@H](C)[C@H](NC(C)=O)[C@@H]1O[C@@H](CC(C)C)C(=O)N([C@@H](CC(C)C)C(=O)NC)NC1=O. The summed E-state index contributed by atoms with van der Waals surface area (Å²) in [6.45, 7) is 13.1. The lowest BCUT2D eigenvalue weighted by Gasteiger charge is -2.32. The molecule has 1 aliphatic rings. The van der Waals surface area contributed by atoms with Gasteiger partial charge in [0.2, 0.25) is 11.8 Å². The van der Waals surface area contributed by atoms with Crippen LogP contribution >= 0.6 is 0 Å². The fraction of sp³-hybridized carbons (Fsp3) is 0.818. The maximum Gasteiger partial charge on any atom is 0.270 e. The number of amides is 4.